The maximum atomic E-state index is 17.5. The van der Waals surface area contributed by atoms with Gasteiger partial charge in [0.1, 0.15) is 0 Å². The van der Waals surface area contributed by atoms with Gasteiger partial charge in [-0.25, -0.2) is 0 Å². The molecule has 0 amide bonds. The van der Waals surface area contributed by atoms with E-state index in [1.807, 2.05) is 12.1 Å². The van der Waals surface area contributed by atoms with Crippen LogP contribution in [0.5, 0.6) is 0 Å². The van der Waals surface area contributed by atoms with E-state index >= 15 is 8.22 Å². The molecular weight excluding hydrogens is 594 g/mol. The van der Waals surface area contributed by atoms with Gasteiger partial charge in [0.25, 0.3) is 0 Å². The highest BCUT2D eigenvalue weighted by atomic mass is 31.6. The summed E-state index contributed by atoms with van der Waals surface area (Å²) in [6.45, 7) is 32.9. The summed E-state index contributed by atoms with van der Waals surface area (Å²) in [5.41, 5.74) is 11.0. The van der Waals surface area contributed by atoms with Crippen molar-refractivity contribution in [3.05, 3.63) is 75.8 Å². The summed E-state index contributed by atoms with van der Waals surface area (Å²) in [7, 11) is -6.68. The maximum absolute atomic E-state index is 17.5. The van der Waals surface area contributed by atoms with Gasteiger partial charge >= 0.3 is 8.41 Å². The fourth-order valence-corrected chi connectivity index (χ4v) is 20.5. The van der Waals surface area contributed by atoms with Gasteiger partial charge in [-0.15, -0.1) is 7.74 Å². The van der Waals surface area contributed by atoms with Crippen LogP contribution in [0.2, 0.25) is 19.6 Å². The molecule has 0 N–H and O–H groups in total. The number of benzene rings is 3. The Hall–Kier alpha value is -1.62. The number of hydrogen-bond acceptors (Lipinski definition) is 0. The van der Waals surface area contributed by atoms with Crippen molar-refractivity contribution >= 4 is 29.0 Å². The predicted molar refractivity (Wildman–Crippen MR) is 200 cm³/mol. The van der Waals surface area contributed by atoms with E-state index in [4.69, 9.17) is 0 Å². The third-order valence-electron chi connectivity index (χ3n) is 8.64. The van der Waals surface area contributed by atoms with E-state index in [1.54, 1.807) is 0 Å². The van der Waals surface area contributed by atoms with Crippen molar-refractivity contribution < 1.29 is 8.22 Å². The molecule has 44 heavy (non-hydrogen) atoms. The smallest absolute Gasteiger partial charge is 0.308 e. The minimum atomic E-state index is -4.94. The van der Waals surface area contributed by atoms with E-state index < -0.39 is 16.2 Å². The van der Waals surface area contributed by atoms with Crippen molar-refractivity contribution in [2.45, 2.75) is 138 Å². The fraction of sp³-hybridized carbons (Fsp3) is 0.538. The second kappa shape index (κ2) is 14.0. The van der Waals surface area contributed by atoms with Gasteiger partial charge in [0.05, 0.1) is 0 Å². The highest BCUT2D eigenvalue weighted by Crippen LogP contribution is 2.47. The zero-order valence-corrected chi connectivity index (χ0v) is 33.1. The summed E-state index contributed by atoms with van der Waals surface area (Å²) in [5.74, 6) is 1.59. The Balaban J connectivity index is 2.67. The molecule has 0 heterocycles. The number of hydrogen-bond donors (Lipinski definition) is 0. The van der Waals surface area contributed by atoms with Crippen LogP contribution in [-0.4, -0.2) is 16.2 Å². The van der Waals surface area contributed by atoms with E-state index in [9.17, 15) is 0 Å². The third kappa shape index (κ3) is 8.02. The van der Waals surface area contributed by atoms with Crippen molar-refractivity contribution in [3.63, 3.8) is 0 Å². The average Bonchev–Trinajstić information content (AvgIpc) is 2.89. The van der Waals surface area contributed by atoms with E-state index in [-0.39, 0.29) is 23.7 Å². The van der Waals surface area contributed by atoms with Gasteiger partial charge in [-0.05, 0) is 96.3 Å². The van der Waals surface area contributed by atoms with Crippen LogP contribution in [0.1, 0.15) is 152 Å². The van der Waals surface area contributed by atoms with E-state index in [1.165, 1.54) is 33.4 Å². The van der Waals surface area contributed by atoms with Crippen molar-refractivity contribution in [1.29, 1.82) is 0 Å². The summed E-state index contributed by atoms with van der Waals surface area (Å²) in [4.78, 5) is 0. The molecule has 0 aromatic heterocycles. The molecule has 0 bridgehead atoms. The van der Waals surface area contributed by atoms with Crippen molar-refractivity contribution in [2.24, 2.45) is 0 Å². The number of halogens is 2. The maximum Gasteiger partial charge on any atom is 0.308 e. The predicted octanol–water partition coefficient (Wildman–Crippen LogP) is 13.6. The molecule has 0 aliphatic rings. The molecule has 3 aromatic carbocycles. The molecule has 0 spiro atoms. The summed E-state index contributed by atoms with van der Waals surface area (Å²) in [6, 6.07) is 15.3. The van der Waals surface area contributed by atoms with Crippen LogP contribution in [0, 0.1) is 0 Å². The van der Waals surface area contributed by atoms with Crippen LogP contribution in [0.3, 0.4) is 0 Å². The Morgan fingerprint density at radius 2 is 0.795 bits per heavy atom. The van der Waals surface area contributed by atoms with Crippen LogP contribution in [0.25, 0.3) is 22.3 Å². The molecule has 3 rings (SSSR count). The van der Waals surface area contributed by atoms with Crippen LogP contribution >= 0.6 is 7.68 Å². The second-order valence-corrected chi connectivity index (χ2v) is 30.2. The minimum Gasteiger partial charge on any atom is -0.467 e. The van der Waals surface area contributed by atoms with E-state index in [0.29, 0.717) is 24.7 Å². The van der Waals surface area contributed by atoms with Crippen LogP contribution in [-0.2, 0) is 0 Å². The van der Waals surface area contributed by atoms with Crippen molar-refractivity contribution in [2.75, 3.05) is 0 Å². The van der Waals surface area contributed by atoms with Gasteiger partial charge in [0, 0.05) is 0 Å². The standard InChI is InChI=1S/C39H58F2PSi2/c1-23(2)29-19-33(25(5)6)37(34(20-29)26(7)8)31-17-16-18-32(39(31)44(40,41)42-43(13,14)15)38-35(27(9)10)21-30(24(3)4)22-36(38)28(11)12/h16-28H,1-15H3/q-1. The molecule has 0 radical (unpaired) electrons. The summed E-state index contributed by atoms with van der Waals surface area (Å²) in [6.07, 6.45) is 0. The lowest BCUT2D eigenvalue weighted by atomic mass is 9.79. The largest absolute Gasteiger partial charge is 0.467 e. The van der Waals surface area contributed by atoms with Crippen LogP contribution in [0.4, 0.5) is 8.22 Å². The molecule has 0 aliphatic carbocycles. The lowest BCUT2D eigenvalue weighted by molar-refractivity contribution is 0.671. The molecule has 0 aliphatic heterocycles. The Bertz CT molecular complexity index is 1310. The van der Waals surface area contributed by atoms with Crippen molar-refractivity contribution in [1.82, 2.24) is 0 Å². The Kier molecular flexibility index (Phi) is 11.7. The Morgan fingerprint density at radius 3 is 1.02 bits per heavy atom. The van der Waals surface area contributed by atoms with Gasteiger partial charge in [-0.1, -0.05) is 145 Å². The van der Waals surface area contributed by atoms with Gasteiger partial charge < -0.3 is 7.68 Å². The zero-order chi connectivity index (χ0) is 33.5. The van der Waals surface area contributed by atoms with E-state index in [2.05, 4.69) is 133 Å². The SMILES string of the molecule is CC(C)c1cc(C(C)C)c(-c2cccc(-c3c(C(C)C)cc(C(C)C)cc3C(C)C)c2[Si](F)(F)[P-][Si](C)(C)C)c(C(C)C)c1. The highest BCUT2D eigenvalue weighted by molar-refractivity contribution is 8.07. The van der Waals surface area contributed by atoms with Crippen LogP contribution < -0.4 is 5.19 Å². The van der Waals surface area contributed by atoms with Gasteiger partial charge in [-0.2, -0.15) is 0 Å². The molecule has 0 unspecified atom stereocenters. The summed E-state index contributed by atoms with van der Waals surface area (Å²) < 4.78 is 34.9. The third-order valence-corrected chi connectivity index (χ3v) is 22.8. The highest BCUT2D eigenvalue weighted by Gasteiger charge is 2.37. The molecule has 0 fully saturated rings. The van der Waals surface area contributed by atoms with Gasteiger partial charge in [0.15, 0.2) is 0 Å². The lowest BCUT2D eigenvalue weighted by Crippen LogP contribution is -2.42. The molecule has 242 valence electrons. The van der Waals surface area contributed by atoms with Crippen LogP contribution in [0.15, 0.2) is 42.5 Å². The normalized spacial score (nSPS) is 13.3. The summed E-state index contributed by atoms with van der Waals surface area (Å²) in [5, 5.41) is 0.353. The molecule has 0 nitrogen and oxygen atoms in total. The second-order valence-electron chi connectivity index (χ2n) is 15.6. The summed E-state index contributed by atoms with van der Waals surface area (Å²) >= 11 is 0. The Labute approximate surface area is 272 Å². The monoisotopic (exact) mass is 651 g/mol. The minimum absolute atomic E-state index is 0.213. The first kappa shape index (κ1) is 36.8. The fourth-order valence-electron chi connectivity index (χ4n) is 6.30. The first-order valence-electron chi connectivity index (χ1n) is 16.8. The average molecular weight is 652 g/mol. The lowest BCUT2D eigenvalue weighted by Gasteiger charge is -2.41. The first-order valence-corrected chi connectivity index (χ1v) is 24.6. The van der Waals surface area contributed by atoms with E-state index in [0.717, 1.165) is 22.3 Å². The van der Waals surface area contributed by atoms with Gasteiger partial charge in [0.2, 0.25) is 0 Å². The van der Waals surface area contributed by atoms with Gasteiger partial charge in [-0.3, -0.25) is 8.22 Å². The molecule has 5 heteroatoms. The molecule has 3 aromatic rings. The zero-order valence-electron chi connectivity index (χ0n) is 30.2. The first-order chi connectivity index (χ1) is 20.2. The Morgan fingerprint density at radius 1 is 0.500 bits per heavy atom. The number of rotatable bonds is 11. The molecule has 0 atom stereocenters. The molecule has 0 saturated carbocycles. The molecular formula is C39H58F2PSi2-. The quantitative estimate of drug-likeness (QED) is 0.110. The van der Waals surface area contributed by atoms with Crippen molar-refractivity contribution in [3.8, 4) is 22.3 Å². The molecule has 0 saturated heterocycles. The topological polar surface area (TPSA) is 0 Å².